The van der Waals surface area contributed by atoms with E-state index in [9.17, 15) is 10.1 Å². The molecule has 0 amide bonds. The van der Waals surface area contributed by atoms with Gasteiger partial charge in [0.25, 0.3) is 0 Å². The fraction of sp³-hybridized carbons (Fsp3) is 0.556. The van der Waals surface area contributed by atoms with Gasteiger partial charge in [0.15, 0.2) is 0 Å². The zero-order valence-corrected chi connectivity index (χ0v) is 10.5. The van der Waals surface area contributed by atoms with Crippen LogP contribution < -0.4 is 5.32 Å². The molecule has 0 bridgehead atoms. The summed E-state index contributed by atoms with van der Waals surface area (Å²) in [5.74, 6) is 0. The summed E-state index contributed by atoms with van der Waals surface area (Å²) in [7, 11) is 2.05. The first-order chi connectivity index (χ1) is 7.16. The van der Waals surface area contributed by atoms with Crippen molar-refractivity contribution >= 4 is 28.7 Å². The molecule has 1 aliphatic rings. The molecule has 90 valence electrons. The summed E-state index contributed by atoms with van der Waals surface area (Å²) in [4.78, 5) is 12.4. The average Bonchev–Trinajstić information content (AvgIpc) is 2.48. The lowest BCUT2D eigenvalue weighted by molar-refractivity contribution is -0.380. The molecule has 0 spiro atoms. The molecule has 0 saturated carbocycles. The number of nitrogens with zero attached hydrogens (tertiary/aromatic N) is 2. The number of nitrogens with one attached hydrogen (secondary N) is 1. The number of halogens is 1. The third-order valence-electron chi connectivity index (χ3n) is 2.64. The Hall–Kier alpha value is -0.690. The number of likely N-dealkylation sites (N-methyl/N-ethyl adjacent to an activating group) is 1. The van der Waals surface area contributed by atoms with Gasteiger partial charge in [-0.3, -0.25) is 15.0 Å². The van der Waals surface area contributed by atoms with Gasteiger partial charge in [-0.05, 0) is 12.6 Å². The van der Waals surface area contributed by atoms with E-state index in [0.717, 1.165) is 25.2 Å². The Morgan fingerprint density at radius 3 is 2.81 bits per heavy atom. The highest BCUT2D eigenvalue weighted by Gasteiger charge is 2.22. The maximum atomic E-state index is 10.5. The van der Waals surface area contributed by atoms with Gasteiger partial charge in [-0.1, -0.05) is 11.3 Å². The number of nitro groups is 1. The first kappa shape index (κ1) is 13.4. The number of rotatable bonds is 4. The van der Waals surface area contributed by atoms with Gasteiger partial charge in [-0.15, -0.1) is 12.4 Å². The molecule has 1 saturated heterocycles. The van der Waals surface area contributed by atoms with E-state index >= 15 is 0 Å². The van der Waals surface area contributed by atoms with Crippen molar-refractivity contribution in [3.05, 3.63) is 27.1 Å². The molecule has 1 aromatic heterocycles. The molecular weight excluding hydrogens is 250 g/mol. The van der Waals surface area contributed by atoms with Crippen LogP contribution in [0.2, 0.25) is 0 Å². The van der Waals surface area contributed by atoms with E-state index in [1.54, 1.807) is 6.07 Å². The van der Waals surface area contributed by atoms with Crippen LogP contribution in [0.5, 0.6) is 0 Å². The monoisotopic (exact) mass is 263 g/mol. The van der Waals surface area contributed by atoms with Crippen molar-refractivity contribution in [3.8, 4) is 0 Å². The van der Waals surface area contributed by atoms with Gasteiger partial charge in [0.1, 0.15) is 0 Å². The molecular formula is C9H14ClN3O2S. The maximum absolute atomic E-state index is 10.5. The zero-order chi connectivity index (χ0) is 10.8. The molecule has 1 aliphatic heterocycles. The Kier molecular flexibility index (Phi) is 4.67. The average molecular weight is 264 g/mol. The summed E-state index contributed by atoms with van der Waals surface area (Å²) >= 11 is 1.20. The summed E-state index contributed by atoms with van der Waals surface area (Å²) < 4.78 is 0. The van der Waals surface area contributed by atoms with Crippen LogP contribution in [0.1, 0.15) is 5.56 Å². The minimum absolute atomic E-state index is 0. The van der Waals surface area contributed by atoms with Crippen LogP contribution in [0.4, 0.5) is 5.00 Å². The first-order valence-electron chi connectivity index (χ1n) is 4.79. The molecule has 0 unspecified atom stereocenters. The molecule has 0 aromatic carbocycles. The highest BCUT2D eigenvalue weighted by molar-refractivity contribution is 7.13. The standard InChI is InChI=1S/C9H13N3O2S.ClH/c1-11(8-3-10-4-8)5-7-2-9(12(13)14)15-6-7;/h2,6,8,10H,3-5H2,1H3;1H. The Labute approximate surface area is 104 Å². The fourth-order valence-electron chi connectivity index (χ4n) is 1.54. The van der Waals surface area contributed by atoms with Crippen LogP contribution in [0.15, 0.2) is 11.4 Å². The van der Waals surface area contributed by atoms with Crippen LogP contribution in [0, 0.1) is 10.1 Å². The molecule has 0 radical (unpaired) electrons. The number of thiophene rings is 1. The van der Waals surface area contributed by atoms with E-state index in [1.165, 1.54) is 11.3 Å². The predicted octanol–water partition coefficient (Wildman–Crippen LogP) is 1.48. The van der Waals surface area contributed by atoms with Crippen LogP contribution in [0.25, 0.3) is 0 Å². The van der Waals surface area contributed by atoms with Crippen molar-refractivity contribution in [2.75, 3.05) is 20.1 Å². The fourth-order valence-corrected chi connectivity index (χ4v) is 2.26. The smallest absolute Gasteiger partial charge is 0.314 e. The van der Waals surface area contributed by atoms with Crippen molar-refractivity contribution in [3.63, 3.8) is 0 Å². The molecule has 2 heterocycles. The van der Waals surface area contributed by atoms with Gasteiger partial charge in [0, 0.05) is 37.1 Å². The first-order valence-corrected chi connectivity index (χ1v) is 5.67. The number of hydrogen-bond acceptors (Lipinski definition) is 5. The second kappa shape index (κ2) is 5.58. The van der Waals surface area contributed by atoms with Crippen LogP contribution in [0.3, 0.4) is 0 Å². The second-order valence-corrected chi connectivity index (χ2v) is 4.67. The minimum atomic E-state index is -0.334. The summed E-state index contributed by atoms with van der Waals surface area (Å²) in [5, 5.41) is 15.8. The van der Waals surface area contributed by atoms with E-state index in [4.69, 9.17) is 0 Å². The summed E-state index contributed by atoms with van der Waals surface area (Å²) in [6.07, 6.45) is 0. The van der Waals surface area contributed by atoms with Crippen molar-refractivity contribution in [1.29, 1.82) is 0 Å². The van der Waals surface area contributed by atoms with E-state index in [1.807, 2.05) is 5.38 Å². The van der Waals surface area contributed by atoms with E-state index in [2.05, 4.69) is 17.3 Å². The lowest BCUT2D eigenvalue weighted by atomic mass is 10.1. The molecule has 0 aliphatic carbocycles. The van der Waals surface area contributed by atoms with Gasteiger partial charge in [-0.2, -0.15) is 0 Å². The zero-order valence-electron chi connectivity index (χ0n) is 8.88. The minimum Gasteiger partial charge on any atom is -0.314 e. The summed E-state index contributed by atoms with van der Waals surface area (Å²) in [6, 6.07) is 2.23. The molecule has 5 nitrogen and oxygen atoms in total. The van der Waals surface area contributed by atoms with Gasteiger partial charge in [0.2, 0.25) is 0 Å². The maximum Gasteiger partial charge on any atom is 0.324 e. The highest BCUT2D eigenvalue weighted by Crippen LogP contribution is 2.23. The van der Waals surface area contributed by atoms with Crippen molar-refractivity contribution in [2.24, 2.45) is 0 Å². The predicted molar refractivity (Wildman–Crippen MR) is 66.3 cm³/mol. The van der Waals surface area contributed by atoms with E-state index in [-0.39, 0.29) is 22.3 Å². The van der Waals surface area contributed by atoms with Crippen molar-refractivity contribution in [2.45, 2.75) is 12.6 Å². The lowest BCUT2D eigenvalue weighted by Gasteiger charge is -2.35. The van der Waals surface area contributed by atoms with E-state index < -0.39 is 0 Å². The quantitative estimate of drug-likeness (QED) is 0.660. The molecule has 2 rings (SSSR count). The van der Waals surface area contributed by atoms with Gasteiger partial charge < -0.3 is 5.32 Å². The summed E-state index contributed by atoms with van der Waals surface area (Å²) in [6.45, 7) is 2.82. The Morgan fingerprint density at radius 2 is 2.38 bits per heavy atom. The Morgan fingerprint density at radius 1 is 1.69 bits per heavy atom. The largest absolute Gasteiger partial charge is 0.324 e. The van der Waals surface area contributed by atoms with Gasteiger partial charge in [0.05, 0.1) is 4.92 Å². The molecule has 1 aromatic rings. The highest BCUT2D eigenvalue weighted by atomic mass is 35.5. The topological polar surface area (TPSA) is 58.4 Å². The summed E-state index contributed by atoms with van der Waals surface area (Å²) in [5.41, 5.74) is 1.03. The third-order valence-corrected chi connectivity index (χ3v) is 3.56. The van der Waals surface area contributed by atoms with Gasteiger partial charge in [-0.25, -0.2) is 0 Å². The molecule has 16 heavy (non-hydrogen) atoms. The Bertz CT molecular complexity index is 367. The van der Waals surface area contributed by atoms with Crippen molar-refractivity contribution < 1.29 is 4.92 Å². The number of hydrogen-bond donors (Lipinski definition) is 1. The molecule has 0 atom stereocenters. The molecule has 1 fully saturated rings. The molecule has 1 N–H and O–H groups in total. The van der Waals surface area contributed by atoms with Crippen LogP contribution in [-0.2, 0) is 6.54 Å². The normalized spacial score (nSPS) is 15.6. The molecule has 7 heteroatoms. The second-order valence-electron chi connectivity index (χ2n) is 3.78. The van der Waals surface area contributed by atoms with Gasteiger partial charge >= 0.3 is 5.00 Å². The van der Waals surface area contributed by atoms with Crippen molar-refractivity contribution in [1.82, 2.24) is 10.2 Å². The van der Waals surface area contributed by atoms with Crippen LogP contribution in [-0.4, -0.2) is 36.0 Å². The van der Waals surface area contributed by atoms with Crippen LogP contribution >= 0.6 is 23.7 Å². The third kappa shape index (κ3) is 2.91. The Balaban J connectivity index is 0.00000128. The lowest BCUT2D eigenvalue weighted by Crippen LogP contribution is -2.55. The van der Waals surface area contributed by atoms with E-state index in [0.29, 0.717) is 6.04 Å². The SMILES string of the molecule is CN(Cc1csc([N+](=O)[O-])c1)C1CNC1.Cl.